The summed E-state index contributed by atoms with van der Waals surface area (Å²) in [6, 6.07) is 0. The summed E-state index contributed by atoms with van der Waals surface area (Å²) in [5, 5.41) is 0. The maximum absolute atomic E-state index is 12.3. The highest BCUT2D eigenvalue weighted by Crippen LogP contribution is 2.13. The zero-order valence-electron chi connectivity index (χ0n) is 6.00. The van der Waals surface area contributed by atoms with Gasteiger partial charge in [-0.15, -0.1) is 0 Å². The Bertz CT molecular complexity index is 242. The normalized spacial score (nSPS) is 16.3. The van der Waals surface area contributed by atoms with E-state index in [0.717, 1.165) is 13.1 Å². The lowest BCUT2D eigenvalue weighted by Gasteiger charge is -2.30. The van der Waals surface area contributed by atoms with Gasteiger partial charge in [-0.1, -0.05) is 0 Å². The zero-order chi connectivity index (χ0) is 7.68. The van der Waals surface area contributed by atoms with E-state index in [9.17, 15) is 4.39 Å². The van der Waals surface area contributed by atoms with Gasteiger partial charge >= 0.3 is 0 Å². The van der Waals surface area contributed by atoms with Crippen LogP contribution in [0.5, 0.6) is 0 Å². The molecule has 2 heterocycles. The van der Waals surface area contributed by atoms with Crippen LogP contribution in [0.1, 0.15) is 6.42 Å². The quantitative estimate of drug-likeness (QED) is 0.598. The second-order valence-corrected chi connectivity index (χ2v) is 2.54. The maximum atomic E-state index is 12.3. The lowest BCUT2D eigenvalue weighted by atomic mass is 10.2. The molecule has 1 aromatic heterocycles. The predicted octanol–water partition coefficient (Wildman–Crippen LogP) is 0.826. The van der Waals surface area contributed by atoms with Crippen molar-refractivity contribution in [1.29, 1.82) is 0 Å². The first kappa shape index (κ1) is 6.52. The van der Waals surface area contributed by atoms with E-state index in [2.05, 4.69) is 9.97 Å². The number of aromatic nitrogens is 2. The van der Waals surface area contributed by atoms with Crippen LogP contribution >= 0.6 is 0 Å². The van der Waals surface area contributed by atoms with Gasteiger partial charge in [0.05, 0.1) is 12.4 Å². The van der Waals surface area contributed by atoms with Crippen molar-refractivity contribution >= 4 is 5.95 Å². The topological polar surface area (TPSA) is 29.0 Å². The Balaban J connectivity index is 2.18. The third-order valence-electron chi connectivity index (χ3n) is 1.75. The zero-order valence-corrected chi connectivity index (χ0v) is 6.00. The van der Waals surface area contributed by atoms with Gasteiger partial charge < -0.3 is 4.90 Å². The van der Waals surface area contributed by atoms with Gasteiger partial charge in [-0.25, -0.2) is 14.4 Å². The second kappa shape index (κ2) is 2.45. The number of hydrogen-bond donors (Lipinski definition) is 0. The molecule has 3 nitrogen and oxygen atoms in total. The number of nitrogens with zero attached hydrogens (tertiary/aromatic N) is 3. The van der Waals surface area contributed by atoms with Crippen molar-refractivity contribution in [2.24, 2.45) is 0 Å². The smallest absolute Gasteiger partial charge is 0.225 e. The molecular weight excluding hydrogens is 145 g/mol. The van der Waals surface area contributed by atoms with Gasteiger partial charge in [0.15, 0.2) is 5.82 Å². The van der Waals surface area contributed by atoms with Crippen molar-refractivity contribution in [2.45, 2.75) is 6.42 Å². The molecule has 11 heavy (non-hydrogen) atoms. The van der Waals surface area contributed by atoms with Crippen LogP contribution < -0.4 is 4.90 Å². The largest absolute Gasteiger partial charge is 0.341 e. The van der Waals surface area contributed by atoms with Crippen molar-refractivity contribution in [3.8, 4) is 0 Å². The molecule has 1 saturated heterocycles. The highest BCUT2D eigenvalue weighted by molar-refractivity contribution is 5.31. The lowest BCUT2D eigenvalue weighted by molar-refractivity contribution is 0.582. The van der Waals surface area contributed by atoms with E-state index in [0.29, 0.717) is 5.95 Å². The van der Waals surface area contributed by atoms with E-state index in [-0.39, 0.29) is 5.82 Å². The molecule has 0 spiro atoms. The van der Waals surface area contributed by atoms with Crippen LogP contribution in [0.3, 0.4) is 0 Å². The lowest BCUT2D eigenvalue weighted by Crippen LogP contribution is -2.38. The minimum absolute atomic E-state index is 0.380. The van der Waals surface area contributed by atoms with E-state index in [4.69, 9.17) is 0 Å². The third kappa shape index (κ3) is 1.15. The number of halogens is 1. The predicted molar refractivity (Wildman–Crippen MR) is 38.8 cm³/mol. The molecule has 2 rings (SSSR count). The summed E-state index contributed by atoms with van der Waals surface area (Å²) < 4.78 is 12.3. The summed E-state index contributed by atoms with van der Waals surface area (Å²) in [4.78, 5) is 9.69. The Morgan fingerprint density at radius 1 is 1.27 bits per heavy atom. The first-order valence-electron chi connectivity index (χ1n) is 3.59. The molecule has 1 fully saturated rings. The van der Waals surface area contributed by atoms with E-state index in [1.807, 2.05) is 4.90 Å². The summed E-state index contributed by atoms with van der Waals surface area (Å²) in [5.74, 6) is 0.256. The van der Waals surface area contributed by atoms with Gasteiger partial charge in [0.2, 0.25) is 5.95 Å². The summed E-state index contributed by atoms with van der Waals surface area (Å²) in [6.07, 6.45) is 3.57. The summed E-state index contributed by atoms with van der Waals surface area (Å²) >= 11 is 0. The van der Waals surface area contributed by atoms with Gasteiger partial charge in [-0.2, -0.15) is 0 Å². The Morgan fingerprint density at radius 3 is 2.36 bits per heavy atom. The van der Waals surface area contributed by atoms with E-state index in [1.165, 1.54) is 18.8 Å². The first-order chi connectivity index (χ1) is 5.36. The molecule has 58 valence electrons. The van der Waals surface area contributed by atoms with Crippen LogP contribution in [-0.2, 0) is 0 Å². The summed E-state index contributed by atoms with van der Waals surface area (Å²) in [6.45, 7) is 1.98. The van der Waals surface area contributed by atoms with Gasteiger partial charge in [-0.3, -0.25) is 0 Å². The molecular formula is C7H8FN3. The second-order valence-electron chi connectivity index (χ2n) is 2.54. The molecule has 1 aliphatic heterocycles. The summed E-state index contributed by atoms with van der Waals surface area (Å²) in [7, 11) is 0. The average Bonchev–Trinajstić information content (AvgIpc) is 1.90. The average molecular weight is 153 g/mol. The van der Waals surface area contributed by atoms with E-state index in [1.54, 1.807) is 0 Å². The Kier molecular flexibility index (Phi) is 1.45. The fourth-order valence-corrected chi connectivity index (χ4v) is 0.985. The first-order valence-corrected chi connectivity index (χ1v) is 3.59. The van der Waals surface area contributed by atoms with E-state index < -0.39 is 0 Å². The standard InChI is InChI=1S/C7H8FN3/c8-6-4-9-7(10-5-6)11-2-1-3-11/h4-5H,1-3H2. The van der Waals surface area contributed by atoms with Gasteiger partial charge in [0.1, 0.15) is 0 Å². The third-order valence-corrected chi connectivity index (χ3v) is 1.75. The molecule has 0 bridgehead atoms. The monoisotopic (exact) mass is 153 g/mol. The van der Waals surface area contributed by atoms with Crippen molar-refractivity contribution in [3.63, 3.8) is 0 Å². The van der Waals surface area contributed by atoms with Crippen LogP contribution in [0, 0.1) is 5.82 Å². The number of hydrogen-bond acceptors (Lipinski definition) is 3. The number of rotatable bonds is 1. The molecule has 0 aliphatic carbocycles. The maximum Gasteiger partial charge on any atom is 0.225 e. The minimum Gasteiger partial charge on any atom is -0.341 e. The molecule has 0 saturated carbocycles. The minimum atomic E-state index is -0.380. The van der Waals surface area contributed by atoms with Crippen LogP contribution in [0.2, 0.25) is 0 Å². The highest BCUT2D eigenvalue weighted by Gasteiger charge is 2.16. The van der Waals surface area contributed by atoms with Crippen molar-refractivity contribution in [1.82, 2.24) is 9.97 Å². The molecule has 0 amide bonds. The fourth-order valence-electron chi connectivity index (χ4n) is 0.985. The Labute approximate surface area is 63.9 Å². The molecule has 0 atom stereocenters. The SMILES string of the molecule is Fc1cnc(N2CCC2)nc1. The van der Waals surface area contributed by atoms with Crippen molar-refractivity contribution in [2.75, 3.05) is 18.0 Å². The Hall–Kier alpha value is -1.19. The molecule has 1 aliphatic rings. The van der Waals surface area contributed by atoms with Gasteiger partial charge in [0.25, 0.3) is 0 Å². The molecule has 0 aromatic carbocycles. The Morgan fingerprint density at radius 2 is 1.91 bits per heavy atom. The van der Waals surface area contributed by atoms with Crippen LogP contribution in [0.4, 0.5) is 10.3 Å². The highest BCUT2D eigenvalue weighted by atomic mass is 19.1. The van der Waals surface area contributed by atoms with E-state index >= 15 is 0 Å². The van der Waals surface area contributed by atoms with Crippen LogP contribution in [0.25, 0.3) is 0 Å². The van der Waals surface area contributed by atoms with Crippen molar-refractivity contribution in [3.05, 3.63) is 18.2 Å². The molecule has 0 unspecified atom stereocenters. The van der Waals surface area contributed by atoms with Crippen LogP contribution in [-0.4, -0.2) is 23.1 Å². The number of anilines is 1. The summed E-state index contributed by atoms with van der Waals surface area (Å²) in [5.41, 5.74) is 0. The van der Waals surface area contributed by atoms with Crippen LogP contribution in [0.15, 0.2) is 12.4 Å². The van der Waals surface area contributed by atoms with Gasteiger partial charge in [0, 0.05) is 13.1 Å². The molecule has 4 heteroatoms. The molecule has 0 radical (unpaired) electrons. The molecule has 1 aromatic rings. The van der Waals surface area contributed by atoms with Gasteiger partial charge in [-0.05, 0) is 6.42 Å². The fraction of sp³-hybridized carbons (Fsp3) is 0.429. The molecule has 0 N–H and O–H groups in total. The van der Waals surface area contributed by atoms with Crippen molar-refractivity contribution < 1.29 is 4.39 Å².